The fourth-order valence-electron chi connectivity index (χ4n) is 2.31. The summed E-state index contributed by atoms with van der Waals surface area (Å²) < 4.78 is 64.4. The van der Waals surface area contributed by atoms with Gasteiger partial charge in [0, 0.05) is 13.1 Å². The molecule has 19 heavy (non-hydrogen) atoms. The molecule has 0 amide bonds. The molecule has 1 saturated heterocycles. The Morgan fingerprint density at radius 3 is 2.21 bits per heavy atom. The molecule has 0 aromatic heterocycles. The van der Waals surface area contributed by atoms with E-state index in [2.05, 4.69) is 0 Å². The molecule has 0 atom stereocenters. The first kappa shape index (κ1) is 13.9. The minimum atomic E-state index is -4.24. The summed E-state index contributed by atoms with van der Waals surface area (Å²) in [6, 6.07) is 2.11. The molecule has 1 fully saturated rings. The van der Waals surface area contributed by atoms with E-state index in [0.29, 0.717) is 0 Å². The highest BCUT2D eigenvalue weighted by molar-refractivity contribution is 5.68. The van der Waals surface area contributed by atoms with Gasteiger partial charge >= 0.3 is 6.18 Å². The normalized spacial score (nSPS) is 17.8. The third kappa shape index (κ3) is 2.74. The molecule has 1 aromatic rings. The molecule has 0 aliphatic carbocycles. The van der Waals surface area contributed by atoms with Crippen LogP contribution in [0.5, 0.6) is 0 Å². The lowest BCUT2D eigenvalue weighted by atomic mass is 9.95. The molecule has 7 heteroatoms. The van der Waals surface area contributed by atoms with Gasteiger partial charge in [-0.2, -0.15) is 13.2 Å². The van der Waals surface area contributed by atoms with Crippen LogP contribution in [0, 0.1) is 17.6 Å². The zero-order chi connectivity index (χ0) is 14.2. The van der Waals surface area contributed by atoms with Crippen molar-refractivity contribution in [2.75, 3.05) is 23.7 Å². The van der Waals surface area contributed by atoms with Crippen molar-refractivity contribution in [3.63, 3.8) is 0 Å². The Morgan fingerprint density at radius 2 is 1.68 bits per heavy atom. The van der Waals surface area contributed by atoms with Crippen LogP contribution >= 0.6 is 0 Å². The lowest BCUT2D eigenvalue weighted by molar-refractivity contribution is -0.179. The SMILES string of the molecule is Nc1ccc(F)c(F)c1N1CCC(C(F)(F)F)CC1. The van der Waals surface area contributed by atoms with E-state index in [1.54, 1.807) is 0 Å². The zero-order valence-electron chi connectivity index (χ0n) is 9.97. The molecule has 0 radical (unpaired) electrons. The van der Waals surface area contributed by atoms with Crippen LogP contribution in [0.25, 0.3) is 0 Å². The summed E-state index contributed by atoms with van der Waals surface area (Å²) in [7, 11) is 0. The largest absolute Gasteiger partial charge is 0.397 e. The number of nitrogen functional groups attached to an aromatic ring is 1. The van der Waals surface area contributed by atoms with Crippen LogP contribution in [0.15, 0.2) is 12.1 Å². The summed E-state index contributed by atoms with van der Waals surface area (Å²) in [5.41, 5.74) is 5.46. The minimum Gasteiger partial charge on any atom is -0.397 e. The minimum absolute atomic E-state index is 0.00868. The van der Waals surface area contributed by atoms with Gasteiger partial charge in [0.25, 0.3) is 0 Å². The van der Waals surface area contributed by atoms with E-state index >= 15 is 0 Å². The molecule has 2 N–H and O–H groups in total. The Bertz CT molecular complexity index is 464. The number of rotatable bonds is 1. The van der Waals surface area contributed by atoms with Gasteiger partial charge in [0.15, 0.2) is 11.6 Å². The lowest BCUT2D eigenvalue weighted by Crippen LogP contribution is -2.39. The topological polar surface area (TPSA) is 29.3 Å². The number of nitrogens with zero attached hydrogens (tertiary/aromatic N) is 1. The highest BCUT2D eigenvalue weighted by Crippen LogP contribution is 2.37. The van der Waals surface area contributed by atoms with E-state index in [1.165, 1.54) is 11.0 Å². The smallest absolute Gasteiger partial charge is 0.391 e. The second-order valence-corrected chi connectivity index (χ2v) is 4.60. The average molecular weight is 280 g/mol. The molecule has 2 rings (SSSR count). The van der Waals surface area contributed by atoms with Crippen molar-refractivity contribution in [2.24, 2.45) is 5.92 Å². The standard InChI is InChI=1S/C12H13F5N2/c13-8-1-2-9(18)11(10(8)14)19-5-3-7(4-6-19)12(15,16)17/h1-2,7H,3-6,18H2. The molecule has 0 unspecified atom stereocenters. The predicted molar refractivity (Wildman–Crippen MR) is 61.8 cm³/mol. The number of hydrogen-bond acceptors (Lipinski definition) is 2. The van der Waals surface area contributed by atoms with Crippen molar-refractivity contribution in [1.82, 2.24) is 0 Å². The molecule has 1 heterocycles. The Labute approximate surface area is 107 Å². The van der Waals surface area contributed by atoms with Gasteiger partial charge < -0.3 is 10.6 Å². The van der Waals surface area contributed by atoms with E-state index in [9.17, 15) is 22.0 Å². The van der Waals surface area contributed by atoms with Gasteiger partial charge in [-0.3, -0.25) is 0 Å². The molecular weight excluding hydrogens is 267 g/mol. The van der Waals surface area contributed by atoms with Crippen LogP contribution < -0.4 is 10.6 Å². The number of anilines is 2. The van der Waals surface area contributed by atoms with Gasteiger partial charge in [-0.15, -0.1) is 0 Å². The maximum absolute atomic E-state index is 13.7. The van der Waals surface area contributed by atoms with Gasteiger partial charge in [0.1, 0.15) is 0 Å². The lowest BCUT2D eigenvalue weighted by Gasteiger charge is -2.35. The zero-order valence-corrected chi connectivity index (χ0v) is 9.97. The first-order valence-corrected chi connectivity index (χ1v) is 5.86. The Kier molecular flexibility index (Phi) is 3.56. The van der Waals surface area contributed by atoms with Crippen molar-refractivity contribution in [3.8, 4) is 0 Å². The number of halogens is 5. The first-order valence-electron chi connectivity index (χ1n) is 5.86. The molecule has 2 nitrogen and oxygen atoms in total. The second-order valence-electron chi connectivity index (χ2n) is 4.60. The van der Waals surface area contributed by atoms with Gasteiger partial charge in [0.2, 0.25) is 0 Å². The number of hydrogen-bond donors (Lipinski definition) is 1. The van der Waals surface area contributed by atoms with Gasteiger partial charge in [-0.1, -0.05) is 0 Å². The van der Waals surface area contributed by atoms with Crippen molar-refractivity contribution < 1.29 is 22.0 Å². The van der Waals surface area contributed by atoms with Crippen molar-refractivity contribution in [3.05, 3.63) is 23.8 Å². The van der Waals surface area contributed by atoms with Crippen molar-refractivity contribution >= 4 is 11.4 Å². The van der Waals surface area contributed by atoms with E-state index in [0.717, 1.165) is 6.07 Å². The number of alkyl halides is 3. The molecule has 106 valence electrons. The molecule has 0 spiro atoms. The quantitative estimate of drug-likeness (QED) is 0.631. The summed E-state index contributed by atoms with van der Waals surface area (Å²) in [5.74, 6) is -3.55. The Morgan fingerprint density at radius 1 is 1.11 bits per heavy atom. The summed E-state index contributed by atoms with van der Waals surface area (Å²) in [6.07, 6.45) is -4.52. The first-order chi connectivity index (χ1) is 8.80. The summed E-state index contributed by atoms with van der Waals surface area (Å²) in [4.78, 5) is 1.37. The third-order valence-electron chi connectivity index (χ3n) is 3.37. The molecule has 1 aliphatic rings. The van der Waals surface area contributed by atoms with Crippen LogP contribution in [-0.4, -0.2) is 19.3 Å². The third-order valence-corrected chi connectivity index (χ3v) is 3.37. The van der Waals surface area contributed by atoms with Gasteiger partial charge in [-0.25, -0.2) is 8.78 Å². The van der Waals surface area contributed by atoms with Crippen LogP contribution in [0.4, 0.5) is 33.3 Å². The monoisotopic (exact) mass is 280 g/mol. The Balaban J connectivity index is 2.17. The van der Waals surface area contributed by atoms with Crippen LogP contribution in [-0.2, 0) is 0 Å². The average Bonchev–Trinajstić information content (AvgIpc) is 2.34. The van der Waals surface area contributed by atoms with Crippen molar-refractivity contribution in [1.29, 1.82) is 0 Å². The van der Waals surface area contributed by atoms with E-state index in [-0.39, 0.29) is 37.3 Å². The fraction of sp³-hybridized carbons (Fsp3) is 0.500. The summed E-state index contributed by atoms with van der Waals surface area (Å²) in [5, 5.41) is 0. The molecule has 1 aliphatic heterocycles. The van der Waals surface area contributed by atoms with Crippen LogP contribution in [0.1, 0.15) is 12.8 Å². The fourth-order valence-corrected chi connectivity index (χ4v) is 2.31. The maximum Gasteiger partial charge on any atom is 0.391 e. The molecule has 0 bridgehead atoms. The van der Waals surface area contributed by atoms with E-state index in [4.69, 9.17) is 5.73 Å². The predicted octanol–water partition coefficient (Wildman–Crippen LogP) is 3.33. The van der Waals surface area contributed by atoms with Gasteiger partial charge in [0.05, 0.1) is 17.3 Å². The van der Waals surface area contributed by atoms with E-state index in [1.807, 2.05) is 0 Å². The van der Waals surface area contributed by atoms with E-state index < -0.39 is 23.7 Å². The highest BCUT2D eigenvalue weighted by atomic mass is 19.4. The van der Waals surface area contributed by atoms with Crippen molar-refractivity contribution in [2.45, 2.75) is 19.0 Å². The van der Waals surface area contributed by atoms with Crippen LogP contribution in [0.3, 0.4) is 0 Å². The molecule has 0 saturated carbocycles. The number of benzene rings is 1. The van der Waals surface area contributed by atoms with Crippen LogP contribution in [0.2, 0.25) is 0 Å². The molecule has 1 aromatic carbocycles. The summed E-state index contributed by atoms with van der Waals surface area (Å²) >= 11 is 0. The number of nitrogens with two attached hydrogens (primary N) is 1. The number of piperidine rings is 1. The second kappa shape index (κ2) is 4.86. The summed E-state index contributed by atoms with van der Waals surface area (Å²) in [6.45, 7) is 0.0174. The Hall–Kier alpha value is -1.53. The van der Waals surface area contributed by atoms with Gasteiger partial charge in [-0.05, 0) is 25.0 Å². The maximum atomic E-state index is 13.7. The molecular formula is C12H13F5N2. The highest BCUT2D eigenvalue weighted by Gasteiger charge is 2.41.